The first-order valence-electron chi connectivity index (χ1n) is 10.0. The Hall–Kier alpha value is -2.52. The highest BCUT2D eigenvalue weighted by Gasteiger charge is 2.31. The summed E-state index contributed by atoms with van der Waals surface area (Å²) in [5.41, 5.74) is 1.63. The summed E-state index contributed by atoms with van der Waals surface area (Å²) in [5.74, 6) is -1.57. The van der Waals surface area contributed by atoms with E-state index in [1.54, 1.807) is 18.4 Å². The van der Waals surface area contributed by atoms with Crippen molar-refractivity contribution in [2.24, 2.45) is 5.92 Å². The van der Waals surface area contributed by atoms with Crippen LogP contribution in [0.1, 0.15) is 52.9 Å². The van der Waals surface area contributed by atoms with Crippen molar-refractivity contribution in [2.45, 2.75) is 46.1 Å². The molecule has 0 saturated carbocycles. The van der Waals surface area contributed by atoms with Crippen molar-refractivity contribution >= 4 is 21.8 Å². The standard InChI is InChI=1S/C22H29FN2O5S/c1-7-25-16(5)20(15(4)21(25)22(27)30-6)19(26)13-24(12-14(2)3)31(28,29)18-10-8-17(23)9-11-18/h8-11,14H,7,12-13H2,1-6H3. The van der Waals surface area contributed by atoms with Gasteiger partial charge in [0.25, 0.3) is 0 Å². The predicted molar refractivity (Wildman–Crippen MR) is 115 cm³/mol. The van der Waals surface area contributed by atoms with Gasteiger partial charge in [0.2, 0.25) is 10.0 Å². The Labute approximate surface area is 182 Å². The van der Waals surface area contributed by atoms with E-state index in [0.29, 0.717) is 23.4 Å². The lowest BCUT2D eigenvalue weighted by Crippen LogP contribution is -2.38. The van der Waals surface area contributed by atoms with Gasteiger partial charge in [0.15, 0.2) is 5.78 Å². The Morgan fingerprint density at radius 3 is 2.23 bits per heavy atom. The number of carbonyl (C=O) groups is 2. The van der Waals surface area contributed by atoms with Crippen molar-refractivity contribution in [3.8, 4) is 0 Å². The van der Waals surface area contributed by atoms with Crippen LogP contribution < -0.4 is 0 Å². The summed E-state index contributed by atoms with van der Waals surface area (Å²) in [4.78, 5) is 25.4. The van der Waals surface area contributed by atoms with E-state index in [4.69, 9.17) is 4.74 Å². The molecular formula is C22H29FN2O5S. The van der Waals surface area contributed by atoms with E-state index in [1.165, 1.54) is 19.2 Å². The highest BCUT2D eigenvalue weighted by molar-refractivity contribution is 7.89. The van der Waals surface area contributed by atoms with Crippen LogP contribution in [0.4, 0.5) is 4.39 Å². The van der Waals surface area contributed by atoms with Gasteiger partial charge in [-0.05, 0) is 56.5 Å². The van der Waals surface area contributed by atoms with Crippen molar-refractivity contribution in [2.75, 3.05) is 20.2 Å². The molecule has 0 aliphatic heterocycles. The van der Waals surface area contributed by atoms with E-state index in [2.05, 4.69) is 0 Å². The minimum absolute atomic E-state index is 0.0453. The number of nitrogens with zero attached hydrogens (tertiary/aromatic N) is 2. The Morgan fingerprint density at radius 2 is 1.74 bits per heavy atom. The largest absolute Gasteiger partial charge is 0.464 e. The average molecular weight is 453 g/mol. The fraction of sp³-hybridized carbons (Fsp3) is 0.455. The van der Waals surface area contributed by atoms with Crippen LogP contribution in [0.25, 0.3) is 0 Å². The van der Waals surface area contributed by atoms with Crippen molar-refractivity contribution < 1.29 is 27.1 Å². The molecule has 0 N–H and O–H groups in total. The van der Waals surface area contributed by atoms with Crippen molar-refractivity contribution in [3.63, 3.8) is 0 Å². The Kier molecular flexibility index (Phi) is 7.77. The smallest absolute Gasteiger partial charge is 0.354 e. The molecule has 7 nitrogen and oxygen atoms in total. The molecule has 0 amide bonds. The van der Waals surface area contributed by atoms with Gasteiger partial charge in [0.05, 0.1) is 18.6 Å². The van der Waals surface area contributed by atoms with Gasteiger partial charge in [-0.1, -0.05) is 13.8 Å². The molecule has 2 rings (SSSR count). The summed E-state index contributed by atoms with van der Waals surface area (Å²) in [6.07, 6.45) is 0. The van der Waals surface area contributed by atoms with E-state index < -0.39 is 34.1 Å². The number of ketones is 1. The monoisotopic (exact) mass is 452 g/mol. The number of methoxy groups -OCH3 is 1. The van der Waals surface area contributed by atoms with E-state index in [9.17, 15) is 22.4 Å². The number of Topliss-reactive ketones (excluding diaryl/α,β-unsaturated/α-hetero) is 1. The van der Waals surface area contributed by atoms with Crippen LogP contribution in [0.15, 0.2) is 29.2 Å². The first kappa shape index (κ1) is 24.7. The first-order valence-corrected chi connectivity index (χ1v) is 11.5. The summed E-state index contributed by atoms with van der Waals surface area (Å²) in [6, 6.07) is 4.50. The van der Waals surface area contributed by atoms with E-state index in [1.807, 2.05) is 20.8 Å². The van der Waals surface area contributed by atoms with Gasteiger partial charge in [-0.15, -0.1) is 0 Å². The second kappa shape index (κ2) is 9.74. The minimum atomic E-state index is -4.02. The molecule has 0 bridgehead atoms. The molecule has 0 saturated heterocycles. The van der Waals surface area contributed by atoms with Crippen molar-refractivity contribution in [1.82, 2.24) is 8.87 Å². The molecular weight excluding hydrogens is 423 g/mol. The van der Waals surface area contributed by atoms with Crippen LogP contribution in [-0.4, -0.2) is 49.2 Å². The van der Waals surface area contributed by atoms with Crippen LogP contribution in [0.2, 0.25) is 0 Å². The summed E-state index contributed by atoms with van der Waals surface area (Å²) < 4.78 is 47.3. The number of esters is 1. The van der Waals surface area contributed by atoms with Crippen molar-refractivity contribution in [3.05, 3.63) is 52.6 Å². The normalized spacial score (nSPS) is 11.9. The lowest BCUT2D eigenvalue weighted by Gasteiger charge is -2.23. The van der Waals surface area contributed by atoms with Crippen LogP contribution in [0.5, 0.6) is 0 Å². The van der Waals surface area contributed by atoms with Gasteiger partial charge < -0.3 is 9.30 Å². The van der Waals surface area contributed by atoms with E-state index >= 15 is 0 Å². The van der Waals surface area contributed by atoms with Crippen LogP contribution >= 0.6 is 0 Å². The number of halogens is 1. The molecule has 0 aliphatic rings. The summed E-state index contributed by atoms with van der Waals surface area (Å²) in [6.45, 7) is 9.08. The number of ether oxygens (including phenoxy) is 1. The predicted octanol–water partition coefficient (Wildman–Crippen LogP) is 3.58. The van der Waals surface area contributed by atoms with E-state index in [-0.39, 0.29) is 23.1 Å². The fourth-order valence-electron chi connectivity index (χ4n) is 3.71. The SMILES string of the molecule is CCn1c(C)c(C(=O)CN(CC(C)C)S(=O)(=O)c2ccc(F)cc2)c(C)c1C(=O)OC. The van der Waals surface area contributed by atoms with Gasteiger partial charge in [0.1, 0.15) is 11.5 Å². The third-order valence-corrected chi connectivity index (χ3v) is 6.91. The highest BCUT2D eigenvalue weighted by atomic mass is 32.2. The molecule has 170 valence electrons. The molecule has 0 fully saturated rings. The topological polar surface area (TPSA) is 85.7 Å². The number of aromatic nitrogens is 1. The first-order chi connectivity index (χ1) is 14.4. The lowest BCUT2D eigenvalue weighted by molar-refractivity contribution is 0.0587. The third kappa shape index (κ3) is 5.04. The number of benzene rings is 1. The average Bonchev–Trinajstić information content (AvgIpc) is 2.96. The zero-order valence-electron chi connectivity index (χ0n) is 18.7. The number of hydrogen-bond acceptors (Lipinski definition) is 5. The minimum Gasteiger partial charge on any atom is -0.464 e. The molecule has 1 heterocycles. The maximum Gasteiger partial charge on any atom is 0.354 e. The summed E-state index contributed by atoms with van der Waals surface area (Å²) in [5, 5.41) is 0. The highest BCUT2D eigenvalue weighted by Crippen LogP contribution is 2.25. The molecule has 2 aromatic rings. The van der Waals surface area contributed by atoms with Gasteiger partial charge in [-0.2, -0.15) is 4.31 Å². The van der Waals surface area contributed by atoms with Gasteiger partial charge in [-0.25, -0.2) is 17.6 Å². The van der Waals surface area contributed by atoms with Crippen LogP contribution in [0, 0.1) is 25.6 Å². The molecule has 0 aliphatic carbocycles. The van der Waals surface area contributed by atoms with E-state index in [0.717, 1.165) is 16.4 Å². The molecule has 1 aromatic carbocycles. The summed E-state index contributed by atoms with van der Waals surface area (Å²) >= 11 is 0. The fourth-order valence-corrected chi connectivity index (χ4v) is 5.27. The second-order valence-electron chi connectivity index (χ2n) is 7.74. The quantitative estimate of drug-likeness (QED) is 0.429. The molecule has 0 radical (unpaired) electrons. The Balaban J connectivity index is 2.50. The Bertz CT molecular complexity index is 1070. The molecule has 1 aromatic heterocycles. The molecule has 9 heteroatoms. The zero-order chi connectivity index (χ0) is 23.5. The number of carbonyl (C=O) groups excluding carboxylic acids is 2. The van der Waals surface area contributed by atoms with Gasteiger partial charge in [0, 0.05) is 24.3 Å². The maximum absolute atomic E-state index is 13.3. The number of rotatable bonds is 9. The summed E-state index contributed by atoms with van der Waals surface area (Å²) in [7, 11) is -2.76. The second-order valence-corrected chi connectivity index (χ2v) is 9.68. The van der Waals surface area contributed by atoms with Gasteiger partial charge >= 0.3 is 5.97 Å². The molecule has 31 heavy (non-hydrogen) atoms. The van der Waals surface area contributed by atoms with Crippen LogP contribution in [-0.2, 0) is 21.3 Å². The lowest BCUT2D eigenvalue weighted by atomic mass is 10.1. The van der Waals surface area contributed by atoms with Crippen molar-refractivity contribution in [1.29, 1.82) is 0 Å². The molecule has 0 unspecified atom stereocenters. The molecule has 0 spiro atoms. The zero-order valence-corrected chi connectivity index (χ0v) is 19.5. The number of sulfonamides is 1. The third-order valence-electron chi connectivity index (χ3n) is 5.08. The Morgan fingerprint density at radius 1 is 1.16 bits per heavy atom. The van der Waals surface area contributed by atoms with Crippen LogP contribution in [0.3, 0.4) is 0 Å². The maximum atomic E-state index is 13.3. The van der Waals surface area contributed by atoms with Gasteiger partial charge in [-0.3, -0.25) is 4.79 Å². The number of hydrogen-bond donors (Lipinski definition) is 0. The molecule has 0 atom stereocenters.